The Balaban J connectivity index is 2.38. The van der Waals surface area contributed by atoms with Crippen molar-refractivity contribution in [3.8, 4) is 0 Å². The molecule has 0 amide bonds. The molecule has 0 saturated carbocycles. The maximum absolute atomic E-state index is 12.3. The highest BCUT2D eigenvalue weighted by Crippen LogP contribution is 2.33. The number of hydrogen-bond acceptors (Lipinski definition) is 2. The van der Waals surface area contributed by atoms with Gasteiger partial charge in [-0.15, -0.1) is 0 Å². The topological polar surface area (TPSA) is 29.4 Å². The average molecular weight is 266 g/mol. The van der Waals surface area contributed by atoms with Crippen LogP contribution < -0.4 is 0 Å². The molecular weight excluding hydrogens is 250 g/mol. The van der Waals surface area contributed by atoms with E-state index >= 15 is 0 Å². The summed E-state index contributed by atoms with van der Waals surface area (Å²) in [5, 5.41) is 1.04. The smallest absolute Gasteiger partial charge is 0.155 e. The first-order valence-electron chi connectivity index (χ1n) is 5.76. The SMILES string of the molecule is C[SiH]1C(=O)C(c2ccc(Cl)cc2)=NCC1(C)C. The van der Waals surface area contributed by atoms with Crippen LogP contribution in [0.15, 0.2) is 29.3 Å². The summed E-state index contributed by atoms with van der Waals surface area (Å²) >= 11 is 5.84. The minimum Gasteiger partial charge on any atom is -0.299 e. The molecule has 0 N–H and O–H groups in total. The van der Waals surface area contributed by atoms with Gasteiger partial charge in [0.1, 0.15) is 14.5 Å². The van der Waals surface area contributed by atoms with Crippen molar-refractivity contribution < 1.29 is 4.79 Å². The van der Waals surface area contributed by atoms with Gasteiger partial charge in [-0.05, 0) is 17.2 Å². The lowest BCUT2D eigenvalue weighted by atomic mass is 10.1. The minimum atomic E-state index is -1.44. The van der Waals surface area contributed by atoms with Crippen LogP contribution >= 0.6 is 11.6 Å². The summed E-state index contributed by atoms with van der Waals surface area (Å²) < 4.78 is 0. The summed E-state index contributed by atoms with van der Waals surface area (Å²) in [6.45, 7) is 7.16. The Kier molecular flexibility index (Phi) is 3.23. The molecule has 4 heteroatoms. The predicted octanol–water partition coefficient (Wildman–Crippen LogP) is 2.89. The molecule has 1 aromatic rings. The third kappa shape index (κ3) is 2.35. The van der Waals surface area contributed by atoms with Crippen molar-refractivity contribution in [2.24, 2.45) is 4.99 Å². The summed E-state index contributed by atoms with van der Waals surface area (Å²) in [5.41, 5.74) is 1.55. The van der Waals surface area contributed by atoms with Crippen LogP contribution in [0.25, 0.3) is 0 Å². The first-order chi connectivity index (χ1) is 7.92. The molecule has 0 aromatic heterocycles. The Morgan fingerprint density at radius 3 is 2.47 bits per heavy atom. The third-order valence-corrected chi connectivity index (χ3v) is 7.40. The maximum Gasteiger partial charge on any atom is 0.155 e. The van der Waals surface area contributed by atoms with Gasteiger partial charge in [-0.25, -0.2) is 0 Å². The van der Waals surface area contributed by atoms with Gasteiger partial charge in [-0.1, -0.05) is 44.1 Å². The highest BCUT2D eigenvalue weighted by molar-refractivity contribution is 7.03. The van der Waals surface area contributed by atoms with Crippen molar-refractivity contribution in [2.75, 3.05) is 6.54 Å². The highest BCUT2D eigenvalue weighted by atomic mass is 35.5. The Labute approximate surface area is 108 Å². The molecule has 0 spiro atoms. The summed E-state index contributed by atoms with van der Waals surface area (Å²) in [6, 6.07) is 7.36. The van der Waals surface area contributed by atoms with E-state index in [1.54, 1.807) is 12.1 Å². The standard InChI is InChI=1S/C13H16ClNOSi/c1-13(2)8-15-11(12(16)17(13)3)9-4-6-10(14)7-5-9/h4-7,17H,8H2,1-3H3. The summed E-state index contributed by atoms with van der Waals surface area (Å²) in [5.74, 6) is 0. The van der Waals surface area contributed by atoms with Crippen molar-refractivity contribution in [3.05, 3.63) is 34.9 Å². The van der Waals surface area contributed by atoms with Gasteiger partial charge in [-0.3, -0.25) is 9.79 Å². The maximum atomic E-state index is 12.3. The molecule has 90 valence electrons. The Morgan fingerprint density at radius 2 is 1.88 bits per heavy atom. The Morgan fingerprint density at radius 1 is 1.29 bits per heavy atom. The average Bonchev–Trinajstić information content (AvgIpc) is 2.28. The zero-order chi connectivity index (χ0) is 12.6. The Hall–Kier alpha value is -0.933. The van der Waals surface area contributed by atoms with E-state index in [2.05, 4.69) is 25.4 Å². The predicted molar refractivity (Wildman–Crippen MR) is 74.9 cm³/mol. The van der Waals surface area contributed by atoms with Crippen molar-refractivity contribution in [1.82, 2.24) is 0 Å². The number of carbonyl (C=O) groups excluding carboxylic acids is 1. The van der Waals surface area contributed by atoms with Crippen molar-refractivity contribution in [1.29, 1.82) is 0 Å². The fourth-order valence-electron chi connectivity index (χ4n) is 1.90. The van der Waals surface area contributed by atoms with Crippen molar-refractivity contribution >= 4 is 31.5 Å². The van der Waals surface area contributed by atoms with Crippen LogP contribution in [0.2, 0.25) is 16.6 Å². The lowest BCUT2D eigenvalue weighted by Crippen LogP contribution is -2.44. The largest absolute Gasteiger partial charge is 0.299 e. The normalized spacial score (nSPS) is 23.4. The molecule has 0 radical (unpaired) electrons. The van der Waals surface area contributed by atoms with E-state index in [0.717, 1.165) is 12.1 Å². The van der Waals surface area contributed by atoms with E-state index in [4.69, 9.17) is 11.6 Å². The van der Waals surface area contributed by atoms with E-state index in [0.29, 0.717) is 10.7 Å². The highest BCUT2D eigenvalue weighted by Gasteiger charge is 2.38. The Bertz CT molecular complexity index is 479. The number of aliphatic imine (C=N–C) groups is 1. The molecule has 2 rings (SSSR count). The second-order valence-corrected chi connectivity index (χ2v) is 9.21. The second kappa shape index (κ2) is 4.39. The summed E-state index contributed by atoms with van der Waals surface area (Å²) in [6.07, 6.45) is 0. The minimum absolute atomic E-state index is 0.0903. The molecule has 1 unspecified atom stereocenters. The lowest BCUT2D eigenvalue weighted by Gasteiger charge is -2.32. The van der Waals surface area contributed by atoms with Crippen LogP contribution in [-0.2, 0) is 4.79 Å². The van der Waals surface area contributed by atoms with Gasteiger partial charge in [0.25, 0.3) is 0 Å². The van der Waals surface area contributed by atoms with Crippen LogP contribution in [0.3, 0.4) is 0 Å². The third-order valence-electron chi connectivity index (χ3n) is 3.56. The van der Waals surface area contributed by atoms with Gasteiger partial charge in [-0.2, -0.15) is 0 Å². The molecule has 1 atom stereocenters. The summed E-state index contributed by atoms with van der Waals surface area (Å²) in [7, 11) is -1.44. The van der Waals surface area contributed by atoms with E-state index in [-0.39, 0.29) is 10.4 Å². The molecule has 1 aromatic carbocycles. The van der Waals surface area contributed by atoms with Crippen molar-refractivity contribution in [3.63, 3.8) is 0 Å². The second-order valence-electron chi connectivity index (χ2n) is 5.25. The first kappa shape index (κ1) is 12.5. The molecule has 2 nitrogen and oxygen atoms in total. The molecule has 17 heavy (non-hydrogen) atoms. The molecule has 0 aliphatic carbocycles. The molecule has 1 heterocycles. The van der Waals surface area contributed by atoms with Gasteiger partial charge < -0.3 is 0 Å². The van der Waals surface area contributed by atoms with Crippen LogP contribution in [0, 0.1) is 0 Å². The van der Waals surface area contributed by atoms with Crippen LogP contribution in [0.4, 0.5) is 0 Å². The number of halogens is 1. The lowest BCUT2D eigenvalue weighted by molar-refractivity contribution is -0.107. The first-order valence-corrected chi connectivity index (χ1v) is 8.45. The number of hydrogen-bond donors (Lipinski definition) is 0. The van der Waals surface area contributed by atoms with Crippen molar-refractivity contribution in [2.45, 2.75) is 25.4 Å². The van der Waals surface area contributed by atoms with Crippen LogP contribution in [0.5, 0.6) is 0 Å². The van der Waals surface area contributed by atoms with Crippen LogP contribution in [0.1, 0.15) is 19.4 Å². The fraction of sp³-hybridized carbons (Fsp3) is 0.385. The van der Waals surface area contributed by atoms with Gasteiger partial charge in [0.2, 0.25) is 0 Å². The van der Waals surface area contributed by atoms with E-state index < -0.39 is 8.80 Å². The van der Waals surface area contributed by atoms with Gasteiger partial charge in [0.15, 0.2) is 5.41 Å². The van der Waals surface area contributed by atoms with E-state index in [9.17, 15) is 4.79 Å². The zero-order valence-electron chi connectivity index (χ0n) is 10.3. The molecule has 0 fully saturated rings. The quantitative estimate of drug-likeness (QED) is 0.718. The molecule has 0 bridgehead atoms. The van der Waals surface area contributed by atoms with Crippen LogP contribution in [-0.4, -0.2) is 26.5 Å². The summed E-state index contributed by atoms with van der Waals surface area (Å²) in [4.78, 5) is 16.8. The van der Waals surface area contributed by atoms with E-state index in [1.807, 2.05) is 12.1 Å². The molecule has 0 saturated heterocycles. The zero-order valence-corrected chi connectivity index (χ0v) is 12.2. The van der Waals surface area contributed by atoms with Gasteiger partial charge in [0, 0.05) is 17.1 Å². The fourth-order valence-corrected chi connectivity index (χ4v) is 3.77. The molecule has 1 aliphatic heterocycles. The number of benzene rings is 1. The monoisotopic (exact) mass is 265 g/mol. The van der Waals surface area contributed by atoms with E-state index in [1.165, 1.54) is 0 Å². The number of nitrogens with zero attached hydrogens (tertiary/aromatic N) is 1. The molecular formula is C13H16ClNOSi. The van der Waals surface area contributed by atoms with Gasteiger partial charge in [0.05, 0.1) is 0 Å². The van der Waals surface area contributed by atoms with Gasteiger partial charge >= 0.3 is 0 Å². The number of rotatable bonds is 1. The number of carbonyl (C=O) groups is 1. The molecule has 1 aliphatic rings.